The first-order valence-electron chi connectivity index (χ1n) is 6.31. The molecule has 1 aromatic rings. The number of aryl methyl sites for hydroxylation is 1. The maximum absolute atomic E-state index is 12.0. The molecule has 6 heteroatoms. The fourth-order valence-corrected chi connectivity index (χ4v) is 2.64. The van der Waals surface area contributed by atoms with Crippen molar-refractivity contribution in [2.75, 3.05) is 6.54 Å². The largest absolute Gasteiger partial charge is 0.388 e. The van der Waals surface area contributed by atoms with E-state index < -0.39 is 11.5 Å². The zero-order valence-corrected chi connectivity index (χ0v) is 12.3. The number of amides is 1. The van der Waals surface area contributed by atoms with Crippen LogP contribution >= 0.6 is 15.9 Å². The van der Waals surface area contributed by atoms with Crippen molar-refractivity contribution in [2.45, 2.75) is 38.2 Å². The second kappa shape index (κ2) is 5.46. The summed E-state index contributed by atoms with van der Waals surface area (Å²) in [5.74, 6) is -0.456. The second-order valence-corrected chi connectivity index (χ2v) is 5.88. The first-order chi connectivity index (χ1) is 8.93. The number of nitrogens with one attached hydrogen (secondary N) is 2. The second-order valence-electron chi connectivity index (χ2n) is 5.08. The number of hydrogen-bond donors (Lipinski definition) is 3. The number of aromatic nitrogens is 1. The predicted octanol–water partition coefficient (Wildman–Crippen LogP) is 1.48. The SMILES string of the molecule is Cc1[nH]cc(C(=O)NCC2(O)CCCC2)c(=O)c1Br. The van der Waals surface area contributed by atoms with Gasteiger partial charge in [0, 0.05) is 18.4 Å². The summed E-state index contributed by atoms with van der Waals surface area (Å²) in [6.45, 7) is 1.94. The van der Waals surface area contributed by atoms with E-state index in [0.29, 0.717) is 23.0 Å². The van der Waals surface area contributed by atoms with E-state index in [2.05, 4.69) is 26.2 Å². The molecule has 1 fully saturated rings. The molecule has 1 aliphatic carbocycles. The summed E-state index contributed by atoms with van der Waals surface area (Å²) in [6, 6.07) is 0. The van der Waals surface area contributed by atoms with Gasteiger partial charge >= 0.3 is 0 Å². The molecule has 0 radical (unpaired) electrons. The Morgan fingerprint density at radius 2 is 2.16 bits per heavy atom. The van der Waals surface area contributed by atoms with Crippen LogP contribution in [-0.2, 0) is 0 Å². The Bertz CT molecular complexity index is 547. The maximum atomic E-state index is 12.0. The quantitative estimate of drug-likeness (QED) is 0.786. The molecular weight excluding hydrogens is 312 g/mol. The molecule has 1 amide bonds. The van der Waals surface area contributed by atoms with Gasteiger partial charge in [0.1, 0.15) is 5.56 Å². The van der Waals surface area contributed by atoms with Crippen LogP contribution in [-0.4, -0.2) is 28.1 Å². The van der Waals surface area contributed by atoms with E-state index in [-0.39, 0.29) is 17.5 Å². The number of hydrogen-bond acceptors (Lipinski definition) is 3. The van der Waals surface area contributed by atoms with Crippen molar-refractivity contribution in [3.05, 3.63) is 32.2 Å². The van der Waals surface area contributed by atoms with Crippen molar-refractivity contribution < 1.29 is 9.90 Å². The molecule has 1 heterocycles. The summed E-state index contributed by atoms with van der Waals surface area (Å²) in [4.78, 5) is 26.7. The Morgan fingerprint density at radius 1 is 1.53 bits per heavy atom. The zero-order valence-electron chi connectivity index (χ0n) is 10.8. The van der Waals surface area contributed by atoms with Crippen LogP contribution in [0.3, 0.4) is 0 Å². The molecule has 2 rings (SSSR count). The van der Waals surface area contributed by atoms with Gasteiger partial charge in [-0.1, -0.05) is 12.8 Å². The molecule has 1 saturated carbocycles. The molecule has 0 spiro atoms. The number of aliphatic hydroxyl groups is 1. The number of halogens is 1. The van der Waals surface area contributed by atoms with E-state index >= 15 is 0 Å². The van der Waals surface area contributed by atoms with Crippen LogP contribution in [0.5, 0.6) is 0 Å². The van der Waals surface area contributed by atoms with Gasteiger partial charge in [0.25, 0.3) is 5.91 Å². The van der Waals surface area contributed by atoms with Crippen LogP contribution in [0.4, 0.5) is 0 Å². The molecule has 0 saturated heterocycles. The fraction of sp³-hybridized carbons (Fsp3) is 0.538. The summed E-state index contributed by atoms with van der Waals surface area (Å²) in [6.07, 6.45) is 4.74. The lowest BCUT2D eigenvalue weighted by atomic mass is 10.0. The summed E-state index contributed by atoms with van der Waals surface area (Å²) in [5.41, 5.74) is -0.424. The third kappa shape index (κ3) is 3.06. The monoisotopic (exact) mass is 328 g/mol. The normalized spacial score (nSPS) is 17.4. The number of carbonyl (C=O) groups excluding carboxylic acids is 1. The smallest absolute Gasteiger partial charge is 0.256 e. The molecule has 0 unspecified atom stereocenters. The Hall–Kier alpha value is -1.14. The molecule has 0 bridgehead atoms. The summed E-state index contributed by atoms with van der Waals surface area (Å²) >= 11 is 3.15. The lowest BCUT2D eigenvalue weighted by molar-refractivity contribution is 0.0449. The standard InChI is InChI=1S/C13H17BrN2O3/c1-8-10(14)11(17)9(6-15-8)12(18)16-7-13(19)4-2-3-5-13/h6,19H,2-5,7H2,1H3,(H,15,17)(H,16,18). The third-order valence-corrected chi connectivity index (χ3v) is 4.52. The lowest BCUT2D eigenvalue weighted by Gasteiger charge is -2.22. The van der Waals surface area contributed by atoms with Crippen LogP contribution in [0, 0.1) is 6.92 Å². The highest BCUT2D eigenvalue weighted by Gasteiger charge is 2.31. The van der Waals surface area contributed by atoms with Crippen LogP contribution < -0.4 is 10.7 Å². The average molecular weight is 329 g/mol. The Labute approximate surface area is 119 Å². The molecule has 1 aromatic heterocycles. The minimum Gasteiger partial charge on any atom is -0.388 e. The van der Waals surface area contributed by atoms with Crippen molar-refractivity contribution in [1.29, 1.82) is 0 Å². The number of H-pyrrole nitrogens is 1. The number of aromatic amines is 1. The molecule has 3 N–H and O–H groups in total. The van der Waals surface area contributed by atoms with Gasteiger partial charge in [-0.25, -0.2) is 0 Å². The zero-order chi connectivity index (χ0) is 14.0. The Kier molecular flexibility index (Phi) is 4.10. The minimum absolute atomic E-state index is 0.0547. The van der Waals surface area contributed by atoms with Gasteiger partial charge in [-0.3, -0.25) is 9.59 Å². The van der Waals surface area contributed by atoms with Crippen molar-refractivity contribution in [3.63, 3.8) is 0 Å². The molecule has 1 aliphatic rings. The molecule has 0 atom stereocenters. The van der Waals surface area contributed by atoms with Crippen molar-refractivity contribution >= 4 is 21.8 Å². The molecule has 5 nitrogen and oxygen atoms in total. The predicted molar refractivity (Wildman–Crippen MR) is 75.3 cm³/mol. The highest BCUT2D eigenvalue weighted by Crippen LogP contribution is 2.28. The summed E-state index contributed by atoms with van der Waals surface area (Å²) in [7, 11) is 0. The number of pyridine rings is 1. The van der Waals surface area contributed by atoms with E-state index in [1.54, 1.807) is 6.92 Å². The van der Waals surface area contributed by atoms with Crippen molar-refractivity contribution in [2.24, 2.45) is 0 Å². The molecule has 19 heavy (non-hydrogen) atoms. The lowest BCUT2D eigenvalue weighted by Crippen LogP contribution is -2.42. The van der Waals surface area contributed by atoms with E-state index in [9.17, 15) is 14.7 Å². The minimum atomic E-state index is -0.815. The summed E-state index contributed by atoms with van der Waals surface area (Å²) in [5, 5.41) is 12.8. The number of rotatable bonds is 3. The van der Waals surface area contributed by atoms with E-state index in [1.807, 2.05) is 0 Å². The van der Waals surface area contributed by atoms with Crippen molar-refractivity contribution in [3.8, 4) is 0 Å². The van der Waals surface area contributed by atoms with Crippen molar-refractivity contribution in [1.82, 2.24) is 10.3 Å². The third-order valence-electron chi connectivity index (χ3n) is 3.56. The van der Waals surface area contributed by atoms with E-state index in [4.69, 9.17) is 0 Å². The number of carbonyl (C=O) groups is 1. The van der Waals surface area contributed by atoms with Crippen LogP contribution in [0.1, 0.15) is 41.7 Å². The van der Waals surface area contributed by atoms with Crippen LogP contribution in [0.15, 0.2) is 15.5 Å². The molecule has 0 aliphatic heterocycles. The summed E-state index contributed by atoms with van der Waals surface area (Å²) < 4.78 is 0.361. The van der Waals surface area contributed by atoms with E-state index in [0.717, 1.165) is 12.8 Å². The van der Waals surface area contributed by atoms with Crippen LogP contribution in [0.2, 0.25) is 0 Å². The highest BCUT2D eigenvalue weighted by molar-refractivity contribution is 9.10. The van der Waals surface area contributed by atoms with Crippen LogP contribution in [0.25, 0.3) is 0 Å². The average Bonchev–Trinajstić information content (AvgIpc) is 2.81. The van der Waals surface area contributed by atoms with Gasteiger partial charge in [-0.05, 0) is 35.7 Å². The molecule has 104 valence electrons. The van der Waals surface area contributed by atoms with Gasteiger partial charge in [-0.15, -0.1) is 0 Å². The Balaban J connectivity index is 2.08. The first kappa shape index (κ1) is 14.3. The molecular formula is C13H17BrN2O3. The maximum Gasteiger partial charge on any atom is 0.256 e. The van der Waals surface area contributed by atoms with Gasteiger partial charge in [-0.2, -0.15) is 0 Å². The van der Waals surface area contributed by atoms with Gasteiger partial charge in [0.2, 0.25) is 5.43 Å². The highest BCUT2D eigenvalue weighted by atomic mass is 79.9. The first-order valence-corrected chi connectivity index (χ1v) is 7.11. The van der Waals surface area contributed by atoms with Gasteiger partial charge in [0.05, 0.1) is 10.1 Å². The van der Waals surface area contributed by atoms with E-state index in [1.165, 1.54) is 6.20 Å². The van der Waals surface area contributed by atoms with Gasteiger partial charge in [0.15, 0.2) is 0 Å². The molecule has 0 aromatic carbocycles. The Morgan fingerprint density at radius 3 is 2.79 bits per heavy atom. The fourth-order valence-electron chi connectivity index (χ4n) is 2.32. The van der Waals surface area contributed by atoms with Gasteiger partial charge < -0.3 is 15.4 Å². The topological polar surface area (TPSA) is 82.2 Å².